The minimum atomic E-state index is -0.499. The van der Waals surface area contributed by atoms with E-state index in [1.807, 2.05) is 13.0 Å². The van der Waals surface area contributed by atoms with Crippen LogP contribution in [0.4, 0.5) is 10.2 Å². The quantitative estimate of drug-likeness (QED) is 0.468. The van der Waals surface area contributed by atoms with Crippen LogP contribution in [0.15, 0.2) is 24.7 Å². The number of aromatic nitrogens is 4. The average molecular weight is 454 g/mol. The zero-order valence-electron chi connectivity index (χ0n) is 18.5. The maximum absolute atomic E-state index is 14.6. The van der Waals surface area contributed by atoms with Gasteiger partial charge in [-0.2, -0.15) is 0 Å². The predicted molar refractivity (Wildman–Crippen MR) is 122 cm³/mol. The van der Waals surface area contributed by atoms with Crippen LogP contribution in [-0.4, -0.2) is 63.7 Å². The second-order valence-electron chi connectivity index (χ2n) is 8.78. The molecule has 1 aliphatic carbocycles. The molecule has 4 N–H and O–H groups in total. The van der Waals surface area contributed by atoms with Crippen molar-refractivity contribution in [2.24, 2.45) is 0 Å². The second-order valence-corrected chi connectivity index (χ2v) is 8.78. The van der Waals surface area contributed by atoms with Crippen molar-refractivity contribution in [3.8, 4) is 11.4 Å². The lowest BCUT2D eigenvalue weighted by Gasteiger charge is -2.32. The fourth-order valence-electron chi connectivity index (χ4n) is 4.56. The van der Waals surface area contributed by atoms with Gasteiger partial charge in [0, 0.05) is 48.5 Å². The Bertz CT molecular complexity index is 1150. The minimum absolute atomic E-state index is 0.00132. The smallest absolute Gasteiger partial charge is 0.250 e. The third kappa shape index (κ3) is 4.81. The molecule has 2 aliphatic rings. The molecule has 4 heterocycles. The standard InChI is InChI=1S/C23H28FN7O2/c1-13-7-16-17(10-27-20(16)26-9-13)21-28-11-18(24)22(31-21)29-14-3-2-4-15(8-14)30-23(32)19-12-25-5-6-33-19/h7,9-11,14-15,19,25H,2-6,8,12H2,1H3,(H,26,27)(H,30,32)(H,28,29,31). The maximum atomic E-state index is 14.6. The highest BCUT2D eigenvalue weighted by molar-refractivity contribution is 5.92. The highest BCUT2D eigenvalue weighted by Gasteiger charge is 2.28. The molecule has 3 aromatic rings. The van der Waals surface area contributed by atoms with Crippen LogP contribution in [0.2, 0.25) is 0 Å². The number of anilines is 1. The normalized spacial score (nSPS) is 23.4. The molecular formula is C23H28FN7O2. The number of aryl methyl sites for hydroxylation is 1. The number of carbonyl (C=O) groups is 1. The van der Waals surface area contributed by atoms with Gasteiger partial charge in [0.15, 0.2) is 17.5 Å². The molecule has 9 nitrogen and oxygen atoms in total. The van der Waals surface area contributed by atoms with Crippen LogP contribution in [0.3, 0.4) is 0 Å². The van der Waals surface area contributed by atoms with Crippen molar-refractivity contribution in [2.75, 3.05) is 25.0 Å². The molecule has 174 valence electrons. The number of aromatic amines is 1. The van der Waals surface area contributed by atoms with Crippen molar-refractivity contribution in [1.29, 1.82) is 0 Å². The number of rotatable bonds is 5. The van der Waals surface area contributed by atoms with Crippen LogP contribution in [-0.2, 0) is 9.53 Å². The van der Waals surface area contributed by atoms with Crippen LogP contribution in [0.5, 0.6) is 0 Å². The first-order valence-corrected chi connectivity index (χ1v) is 11.4. The summed E-state index contributed by atoms with van der Waals surface area (Å²) in [5.74, 6) is 0.0132. The van der Waals surface area contributed by atoms with Gasteiger partial charge in [-0.05, 0) is 44.2 Å². The van der Waals surface area contributed by atoms with Crippen molar-refractivity contribution >= 4 is 22.8 Å². The van der Waals surface area contributed by atoms with Crippen molar-refractivity contribution in [3.63, 3.8) is 0 Å². The van der Waals surface area contributed by atoms with Gasteiger partial charge in [0.05, 0.1) is 12.8 Å². The Morgan fingerprint density at radius 2 is 2.12 bits per heavy atom. The predicted octanol–water partition coefficient (Wildman–Crippen LogP) is 2.30. The molecule has 0 aromatic carbocycles. The Labute approximate surface area is 190 Å². The Morgan fingerprint density at radius 3 is 2.97 bits per heavy atom. The van der Waals surface area contributed by atoms with E-state index in [1.54, 1.807) is 12.4 Å². The molecule has 1 aliphatic heterocycles. The van der Waals surface area contributed by atoms with Gasteiger partial charge < -0.3 is 25.7 Å². The summed E-state index contributed by atoms with van der Waals surface area (Å²) in [6.45, 7) is 3.80. The SMILES string of the molecule is Cc1cnc2[nH]cc(-c3ncc(F)c(NC4CCCC(NC(=O)C5CNCCO5)C4)n3)c2c1. The Balaban J connectivity index is 1.28. The molecule has 10 heteroatoms. The van der Waals surface area contributed by atoms with Crippen molar-refractivity contribution < 1.29 is 13.9 Å². The van der Waals surface area contributed by atoms with Crippen LogP contribution in [0.25, 0.3) is 22.4 Å². The number of carbonyl (C=O) groups excluding carboxylic acids is 1. The number of nitrogens with one attached hydrogen (secondary N) is 4. The summed E-state index contributed by atoms with van der Waals surface area (Å²) < 4.78 is 20.1. The number of hydrogen-bond acceptors (Lipinski definition) is 7. The van der Waals surface area contributed by atoms with Gasteiger partial charge in [-0.1, -0.05) is 0 Å². The summed E-state index contributed by atoms with van der Waals surface area (Å²) in [4.78, 5) is 28.7. The summed E-state index contributed by atoms with van der Waals surface area (Å²) in [7, 11) is 0. The molecule has 2 fully saturated rings. The summed E-state index contributed by atoms with van der Waals surface area (Å²) in [5.41, 5.74) is 2.54. The summed E-state index contributed by atoms with van der Waals surface area (Å²) in [6.07, 6.45) is 7.72. The summed E-state index contributed by atoms with van der Waals surface area (Å²) in [6, 6.07) is 2.02. The topological polar surface area (TPSA) is 117 Å². The molecule has 3 atom stereocenters. The highest BCUT2D eigenvalue weighted by atomic mass is 19.1. The van der Waals surface area contributed by atoms with E-state index in [-0.39, 0.29) is 23.8 Å². The van der Waals surface area contributed by atoms with E-state index >= 15 is 0 Å². The Morgan fingerprint density at radius 1 is 1.24 bits per heavy atom. The monoisotopic (exact) mass is 453 g/mol. The van der Waals surface area contributed by atoms with Gasteiger partial charge >= 0.3 is 0 Å². The number of H-pyrrole nitrogens is 1. The maximum Gasteiger partial charge on any atom is 0.250 e. The molecular weight excluding hydrogens is 425 g/mol. The molecule has 1 saturated carbocycles. The minimum Gasteiger partial charge on any atom is -0.366 e. The first-order chi connectivity index (χ1) is 16.1. The zero-order valence-corrected chi connectivity index (χ0v) is 18.5. The van der Waals surface area contributed by atoms with E-state index in [4.69, 9.17) is 4.74 Å². The van der Waals surface area contributed by atoms with E-state index < -0.39 is 11.9 Å². The number of nitrogens with zero attached hydrogens (tertiary/aromatic N) is 3. The molecule has 33 heavy (non-hydrogen) atoms. The molecule has 0 bridgehead atoms. The molecule has 1 saturated heterocycles. The number of hydrogen-bond donors (Lipinski definition) is 4. The zero-order chi connectivity index (χ0) is 22.8. The van der Waals surface area contributed by atoms with Crippen LogP contribution < -0.4 is 16.0 Å². The van der Waals surface area contributed by atoms with Crippen LogP contribution in [0.1, 0.15) is 31.2 Å². The van der Waals surface area contributed by atoms with E-state index in [0.717, 1.165) is 48.0 Å². The number of pyridine rings is 1. The number of ether oxygens (including phenoxy) is 1. The molecule has 5 rings (SSSR count). The fraction of sp³-hybridized carbons (Fsp3) is 0.478. The number of fused-ring (bicyclic) bond motifs is 1. The van der Waals surface area contributed by atoms with Gasteiger partial charge in [0.25, 0.3) is 5.91 Å². The van der Waals surface area contributed by atoms with Gasteiger partial charge in [-0.15, -0.1) is 0 Å². The lowest BCUT2D eigenvalue weighted by atomic mass is 9.90. The molecule has 3 unspecified atom stereocenters. The third-order valence-electron chi connectivity index (χ3n) is 6.23. The van der Waals surface area contributed by atoms with Crippen molar-refractivity contribution in [2.45, 2.75) is 50.8 Å². The summed E-state index contributed by atoms with van der Waals surface area (Å²) in [5, 5.41) is 10.4. The number of halogens is 1. The highest BCUT2D eigenvalue weighted by Crippen LogP contribution is 2.28. The molecule has 0 radical (unpaired) electrons. The van der Waals surface area contributed by atoms with Gasteiger partial charge in [0.2, 0.25) is 0 Å². The lowest BCUT2D eigenvalue weighted by Crippen LogP contribution is -2.51. The Hall–Kier alpha value is -3.11. The van der Waals surface area contributed by atoms with Crippen molar-refractivity contribution in [1.82, 2.24) is 30.6 Å². The van der Waals surface area contributed by atoms with Crippen LogP contribution >= 0.6 is 0 Å². The molecule has 3 aromatic heterocycles. The number of morpholine rings is 1. The Kier molecular flexibility index (Phi) is 6.19. The largest absolute Gasteiger partial charge is 0.366 e. The second kappa shape index (κ2) is 9.40. The van der Waals surface area contributed by atoms with Gasteiger partial charge in [0.1, 0.15) is 11.8 Å². The third-order valence-corrected chi connectivity index (χ3v) is 6.23. The van der Waals surface area contributed by atoms with Crippen LogP contribution in [0, 0.1) is 12.7 Å². The summed E-state index contributed by atoms with van der Waals surface area (Å²) >= 11 is 0. The van der Waals surface area contributed by atoms with E-state index in [9.17, 15) is 9.18 Å². The lowest BCUT2D eigenvalue weighted by molar-refractivity contribution is -0.135. The van der Waals surface area contributed by atoms with Gasteiger partial charge in [-0.25, -0.2) is 19.3 Å². The van der Waals surface area contributed by atoms with E-state index in [1.165, 1.54) is 6.20 Å². The first kappa shape index (κ1) is 21.7. The first-order valence-electron chi connectivity index (χ1n) is 11.4. The average Bonchev–Trinajstić information content (AvgIpc) is 3.24. The molecule has 1 amide bonds. The number of amides is 1. The molecule has 0 spiro atoms. The van der Waals surface area contributed by atoms with E-state index in [2.05, 4.69) is 35.9 Å². The van der Waals surface area contributed by atoms with Gasteiger partial charge in [-0.3, -0.25) is 4.79 Å². The van der Waals surface area contributed by atoms with Crippen molar-refractivity contribution in [3.05, 3.63) is 36.0 Å². The fourth-order valence-corrected chi connectivity index (χ4v) is 4.56. The van der Waals surface area contributed by atoms with E-state index in [0.29, 0.717) is 25.4 Å².